The van der Waals surface area contributed by atoms with Gasteiger partial charge in [-0.25, -0.2) is 9.97 Å². The highest BCUT2D eigenvalue weighted by molar-refractivity contribution is 5.44. The van der Waals surface area contributed by atoms with E-state index in [1.165, 1.54) is 0 Å². The number of rotatable bonds is 5. The number of nitrogens with one attached hydrogen (secondary N) is 1. The lowest BCUT2D eigenvalue weighted by molar-refractivity contribution is 0.0398. The summed E-state index contributed by atoms with van der Waals surface area (Å²) in [5.41, 5.74) is 5.79. The molecule has 1 fully saturated rings. The molecule has 0 atom stereocenters. The van der Waals surface area contributed by atoms with E-state index >= 15 is 0 Å². The number of nitrogens with zero attached hydrogens (tertiary/aromatic N) is 3. The molecule has 0 aliphatic carbocycles. The summed E-state index contributed by atoms with van der Waals surface area (Å²) >= 11 is 0. The first kappa shape index (κ1) is 14.0. The van der Waals surface area contributed by atoms with E-state index in [1.807, 2.05) is 0 Å². The van der Waals surface area contributed by atoms with Crippen LogP contribution in [0, 0.1) is 0 Å². The summed E-state index contributed by atoms with van der Waals surface area (Å²) in [5.74, 6) is 2.40. The molecule has 6 heteroatoms. The molecule has 106 valence electrons. The van der Waals surface area contributed by atoms with Crippen LogP contribution in [0.3, 0.4) is 0 Å². The molecule has 0 saturated carbocycles. The quantitative estimate of drug-likeness (QED) is 0.824. The van der Waals surface area contributed by atoms with Crippen LogP contribution >= 0.6 is 0 Å². The van der Waals surface area contributed by atoms with Gasteiger partial charge in [-0.1, -0.05) is 13.8 Å². The molecular weight excluding hydrogens is 242 g/mol. The molecule has 2 heterocycles. The third-order valence-electron chi connectivity index (χ3n) is 3.12. The summed E-state index contributed by atoms with van der Waals surface area (Å²) in [5, 5.41) is 3.31. The van der Waals surface area contributed by atoms with Gasteiger partial charge in [-0.15, -0.1) is 0 Å². The van der Waals surface area contributed by atoms with Gasteiger partial charge in [0.15, 0.2) is 0 Å². The second-order valence-electron chi connectivity index (χ2n) is 5.07. The molecule has 1 aliphatic heterocycles. The zero-order valence-electron chi connectivity index (χ0n) is 11.7. The second-order valence-corrected chi connectivity index (χ2v) is 5.07. The minimum atomic E-state index is 0.281. The Kier molecular flexibility index (Phi) is 4.93. The van der Waals surface area contributed by atoms with Crippen LogP contribution in [-0.2, 0) is 4.74 Å². The van der Waals surface area contributed by atoms with Gasteiger partial charge in [0.25, 0.3) is 0 Å². The Hall–Kier alpha value is -1.40. The summed E-state index contributed by atoms with van der Waals surface area (Å²) in [4.78, 5) is 11.1. The monoisotopic (exact) mass is 265 g/mol. The van der Waals surface area contributed by atoms with Crippen LogP contribution in [0.25, 0.3) is 0 Å². The zero-order valence-corrected chi connectivity index (χ0v) is 11.7. The number of anilines is 2. The minimum Gasteiger partial charge on any atom is -0.384 e. The molecule has 2 rings (SSSR count). The predicted octanol–water partition coefficient (Wildman–Crippen LogP) is 0.926. The van der Waals surface area contributed by atoms with Crippen molar-refractivity contribution in [2.24, 2.45) is 0 Å². The van der Waals surface area contributed by atoms with Crippen LogP contribution < -0.4 is 11.1 Å². The number of hydrogen-bond donors (Lipinski definition) is 2. The van der Waals surface area contributed by atoms with Gasteiger partial charge in [0, 0.05) is 38.2 Å². The first-order valence-corrected chi connectivity index (χ1v) is 6.83. The van der Waals surface area contributed by atoms with Crippen molar-refractivity contribution in [3.05, 3.63) is 11.9 Å². The number of nitrogens with two attached hydrogens (primary N) is 1. The molecule has 6 nitrogen and oxygen atoms in total. The Morgan fingerprint density at radius 1 is 1.37 bits per heavy atom. The van der Waals surface area contributed by atoms with E-state index in [0.717, 1.165) is 51.0 Å². The third kappa shape index (κ3) is 4.33. The Labute approximate surface area is 114 Å². The molecular formula is C13H23N5O. The average Bonchev–Trinajstić information content (AvgIpc) is 2.39. The summed E-state index contributed by atoms with van der Waals surface area (Å²) in [6.07, 6.45) is 0. The lowest BCUT2D eigenvalue weighted by Crippen LogP contribution is -2.39. The average molecular weight is 265 g/mol. The molecule has 0 amide bonds. The maximum absolute atomic E-state index is 5.79. The fourth-order valence-electron chi connectivity index (χ4n) is 2.00. The molecule has 1 aromatic heterocycles. The van der Waals surface area contributed by atoms with Crippen molar-refractivity contribution < 1.29 is 4.74 Å². The van der Waals surface area contributed by atoms with Gasteiger partial charge in [-0.05, 0) is 0 Å². The molecule has 0 spiro atoms. The van der Waals surface area contributed by atoms with Crippen molar-refractivity contribution in [1.82, 2.24) is 14.9 Å². The highest BCUT2D eigenvalue weighted by Gasteiger charge is 2.10. The van der Waals surface area contributed by atoms with Gasteiger partial charge in [-0.3, -0.25) is 4.90 Å². The predicted molar refractivity (Wildman–Crippen MR) is 76.3 cm³/mol. The lowest BCUT2D eigenvalue weighted by Gasteiger charge is -2.26. The molecule has 0 radical (unpaired) electrons. The first-order valence-electron chi connectivity index (χ1n) is 6.83. The Bertz CT molecular complexity index is 404. The zero-order chi connectivity index (χ0) is 13.7. The van der Waals surface area contributed by atoms with Gasteiger partial charge in [-0.2, -0.15) is 0 Å². The number of aromatic nitrogens is 2. The van der Waals surface area contributed by atoms with Crippen molar-refractivity contribution in [3.8, 4) is 0 Å². The lowest BCUT2D eigenvalue weighted by atomic mass is 10.2. The van der Waals surface area contributed by atoms with E-state index < -0.39 is 0 Å². The maximum Gasteiger partial charge on any atom is 0.135 e. The second kappa shape index (κ2) is 6.68. The molecule has 0 bridgehead atoms. The van der Waals surface area contributed by atoms with Crippen LogP contribution in [-0.4, -0.2) is 54.3 Å². The van der Waals surface area contributed by atoms with Crippen molar-refractivity contribution in [3.63, 3.8) is 0 Å². The normalized spacial score (nSPS) is 16.8. The third-order valence-corrected chi connectivity index (χ3v) is 3.12. The number of hydrogen-bond acceptors (Lipinski definition) is 6. The van der Waals surface area contributed by atoms with Crippen molar-refractivity contribution in [2.75, 3.05) is 50.4 Å². The van der Waals surface area contributed by atoms with Gasteiger partial charge >= 0.3 is 0 Å². The van der Waals surface area contributed by atoms with Crippen LogP contribution in [0.1, 0.15) is 25.6 Å². The van der Waals surface area contributed by atoms with Gasteiger partial charge < -0.3 is 15.8 Å². The molecule has 1 aromatic rings. The van der Waals surface area contributed by atoms with E-state index in [0.29, 0.717) is 5.82 Å². The van der Waals surface area contributed by atoms with Gasteiger partial charge in [0.05, 0.1) is 13.2 Å². The van der Waals surface area contributed by atoms with Crippen LogP contribution in [0.5, 0.6) is 0 Å². The van der Waals surface area contributed by atoms with E-state index in [2.05, 4.69) is 34.0 Å². The van der Waals surface area contributed by atoms with Crippen molar-refractivity contribution >= 4 is 11.6 Å². The first-order chi connectivity index (χ1) is 9.15. The van der Waals surface area contributed by atoms with Crippen LogP contribution in [0.4, 0.5) is 11.6 Å². The van der Waals surface area contributed by atoms with Crippen LogP contribution in [0.2, 0.25) is 0 Å². The van der Waals surface area contributed by atoms with Crippen molar-refractivity contribution in [2.45, 2.75) is 19.8 Å². The Morgan fingerprint density at radius 3 is 2.79 bits per heavy atom. The Morgan fingerprint density at radius 2 is 2.11 bits per heavy atom. The molecule has 1 aliphatic rings. The summed E-state index contributed by atoms with van der Waals surface area (Å²) in [7, 11) is 0. The molecule has 0 aromatic carbocycles. The molecule has 0 unspecified atom stereocenters. The van der Waals surface area contributed by atoms with Crippen molar-refractivity contribution in [1.29, 1.82) is 0 Å². The summed E-state index contributed by atoms with van der Waals surface area (Å²) in [6.45, 7) is 9.64. The van der Waals surface area contributed by atoms with Gasteiger partial charge in [0.1, 0.15) is 17.5 Å². The topological polar surface area (TPSA) is 76.3 Å². The highest BCUT2D eigenvalue weighted by Crippen LogP contribution is 2.14. The minimum absolute atomic E-state index is 0.281. The number of nitrogen functional groups attached to an aromatic ring is 1. The van der Waals surface area contributed by atoms with E-state index in [-0.39, 0.29) is 5.92 Å². The standard InChI is InChI=1S/C13H23N5O/c1-10(2)13-16-11(14)9-12(17-13)15-3-4-18-5-7-19-8-6-18/h9-10H,3-8H2,1-2H3,(H3,14,15,16,17). The van der Waals surface area contributed by atoms with E-state index in [4.69, 9.17) is 10.5 Å². The highest BCUT2D eigenvalue weighted by atomic mass is 16.5. The van der Waals surface area contributed by atoms with E-state index in [9.17, 15) is 0 Å². The Balaban J connectivity index is 1.84. The largest absolute Gasteiger partial charge is 0.384 e. The smallest absolute Gasteiger partial charge is 0.135 e. The SMILES string of the molecule is CC(C)c1nc(N)cc(NCCN2CCOCC2)n1. The summed E-state index contributed by atoms with van der Waals surface area (Å²) in [6, 6.07) is 1.78. The van der Waals surface area contributed by atoms with Gasteiger partial charge in [0.2, 0.25) is 0 Å². The fraction of sp³-hybridized carbons (Fsp3) is 0.692. The maximum atomic E-state index is 5.79. The number of ether oxygens (including phenoxy) is 1. The molecule has 1 saturated heterocycles. The number of morpholine rings is 1. The summed E-state index contributed by atoms with van der Waals surface area (Å²) < 4.78 is 5.32. The molecule has 3 N–H and O–H groups in total. The van der Waals surface area contributed by atoms with Crippen LogP contribution in [0.15, 0.2) is 6.07 Å². The molecule has 19 heavy (non-hydrogen) atoms. The van der Waals surface area contributed by atoms with E-state index in [1.54, 1.807) is 6.07 Å². The fourth-order valence-corrected chi connectivity index (χ4v) is 2.00.